The van der Waals surface area contributed by atoms with Gasteiger partial charge in [-0.3, -0.25) is 0 Å². The first-order valence-electron chi connectivity index (χ1n) is 8.09. The summed E-state index contributed by atoms with van der Waals surface area (Å²) in [5, 5.41) is 2.45. The summed E-state index contributed by atoms with van der Waals surface area (Å²) in [5.41, 5.74) is 0.427. The van der Waals surface area contributed by atoms with E-state index in [4.69, 9.17) is 9.16 Å². The molecule has 0 spiro atoms. The van der Waals surface area contributed by atoms with Crippen LogP contribution in [0.1, 0.15) is 13.3 Å². The molecular weight excluding hydrogens is 316 g/mol. The van der Waals surface area contributed by atoms with E-state index in [0.29, 0.717) is 12.2 Å². The quantitative estimate of drug-likeness (QED) is 0.321. The lowest BCUT2D eigenvalue weighted by Gasteiger charge is -2.31. The number of ether oxygens (including phenoxy) is 1. The molecule has 0 fully saturated rings. The highest BCUT2D eigenvalue weighted by atomic mass is 28.4. The molecule has 0 amide bonds. The molecule has 2 aromatic carbocycles. The van der Waals surface area contributed by atoms with Crippen molar-refractivity contribution in [1.82, 2.24) is 0 Å². The molecule has 24 heavy (non-hydrogen) atoms. The molecule has 3 nitrogen and oxygen atoms in total. The van der Waals surface area contributed by atoms with Gasteiger partial charge in [-0.1, -0.05) is 67.2 Å². The van der Waals surface area contributed by atoms with Crippen molar-refractivity contribution in [2.24, 2.45) is 0 Å². The first-order chi connectivity index (χ1) is 11.6. The number of hydrogen-bond donors (Lipinski definition) is 0. The fraction of sp³-hybridized carbons (Fsp3) is 0.250. The molecular formula is C20H24O3Si. The monoisotopic (exact) mass is 340 g/mol. The van der Waals surface area contributed by atoms with Gasteiger partial charge in [-0.15, -0.1) is 0 Å². The summed E-state index contributed by atoms with van der Waals surface area (Å²) in [7, 11) is -0.551. The predicted molar refractivity (Wildman–Crippen MR) is 100 cm³/mol. The normalized spacial score (nSPS) is 11.1. The Hall–Kier alpha value is -2.17. The molecule has 4 heteroatoms. The topological polar surface area (TPSA) is 35.5 Å². The first-order valence-corrected chi connectivity index (χ1v) is 10.2. The van der Waals surface area contributed by atoms with Gasteiger partial charge in [0.1, 0.15) is 0 Å². The van der Waals surface area contributed by atoms with E-state index in [1.54, 1.807) is 14.0 Å². The third-order valence-corrected chi connectivity index (χ3v) is 8.37. The molecule has 0 saturated carbocycles. The van der Waals surface area contributed by atoms with Crippen LogP contribution in [0.4, 0.5) is 0 Å². The summed E-state index contributed by atoms with van der Waals surface area (Å²) in [4.78, 5) is 11.5. The van der Waals surface area contributed by atoms with Crippen LogP contribution in [-0.4, -0.2) is 28.0 Å². The van der Waals surface area contributed by atoms with Crippen molar-refractivity contribution in [3.63, 3.8) is 0 Å². The van der Waals surface area contributed by atoms with Crippen molar-refractivity contribution in [2.45, 2.75) is 19.4 Å². The van der Waals surface area contributed by atoms with E-state index in [9.17, 15) is 4.79 Å². The van der Waals surface area contributed by atoms with E-state index in [0.717, 1.165) is 12.5 Å². The van der Waals surface area contributed by atoms with Crippen LogP contribution >= 0.6 is 0 Å². The maximum Gasteiger partial charge on any atom is 0.333 e. The largest absolute Gasteiger partial charge is 0.462 e. The van der Waals surface area contributed by atoms with Crippen LogP contribution in [0.25, 0.3) is 0 Å². The van der Waals surface area contributed by atoms with E-state index in [2.05, 4.69) is 30.8 Å². The smallest absolute Gasteiger partial charge is 0.333 e. The van der Waals surface area contributed by atoms with E-state index in [-0.39, 0.29) is 5.97 Å². The number of hydrogen-bond acceptors (Lipinski definition) is 3. The standard InChI is InChI=1S/C20H24O3Si/c1-17(2)20(21)23-15-10-16-24(22-3,18-11-6-4-7-12-18)19-13-8-5-9-14-19/h4-9,11-14H,1,10,15-16H2,2-3H3. The Bertz CT molecular complexity index is 628. The lowest BCUT2D eigenvalue weighted by molar-refractivity contribution is -0.138. The molecule has 0 atom stereocenters. The molecule has 0 N–H and O–H groups in total. The van der Waals surface area contributed by atoms with Gasteiger partial charge in [0.2, 0.25) is 0 Å². The maximum absolute atomic E-state index is 11.5. The first kappa shape index (κ1) is 18.2. The van der Waals surface area contributed by atoms with Gasteiger partial charge in [-0.25, -0.2) is 4.79 Å². The molecule has 0 aliphatic rings. The van der Waals surface area contributed by atoms with Crippen LogP contribution in [0, 0.1) is 0 Å². The summed E-state index contributed by atoms with van der Waals surface area (Å²) < 4.78 is 11.4. The van der Waals surface area contributed by atoms with Crippen LogP contribution in [0.3, 0.4) is 0 Å². The maximum atomic E-state index is 11.5. The highest BCUT2D eigenvalue weighted by Crippen LogP contribution is 2.15. The van der Waals surface area contributed by atoms with Gasteiger partial charge >= 0.3 is 5.97 Å². The van der Waals surface area contributed by atoms with Crippen LogP contribution in [0.15, 0.2) is 72.8 Å². The number of esters is 1. The summed E-state index contributed by atoms with van der Waals surface area (Å²) in [6.07, 6.45) is 0.753. The number of carbonyl (C=O) groups is 1. The molecule has 2 aromatic rings. The Labute approximate surface area is 145 Å². The average Bonchev–Trinajstić information content (AvgIpc) is 2.63. The van der Waals surface area contributed by atoms with Crippen LogP contribution in [0.5, 0.6) is 0 Å². The van der Waals surface area contributed by atoms with Gasteiger partial charge in [0, 0.05) is 12.7 Å². The minimum Gasteiger partial charge on any atom is -0.462 e. The molecule has 0 saturated heterocycles. The third-order valence-electron chi connectivity index (χ3n) is 4.08. The minimum atomic E-state index is -2.33. The molecule has 0 aromatic heterocycles. The van der Waals surface area contributed by atoms with Gasteiger partial charge < -0.3 is 9.16 Å². The molecule has 126 valence electrons. The second-order valence-corrected chi connectivity index (χ2v) is 9.50. The summed E-state index contributed by atoms with van der Waals surface area (Å²) in [6.45, 7) is 5.64. The highest BCUT2D eigenvalue weighted by molar-refractivity contribution is 6.97. The molecule has 0 unspecified atom stereocenters. The van der Waals surface area contributed by atoms with Crippen molar-refractivity contribution >= 4 is 24.7 Å². The predicted octanol–water partition coefficient (Wildman–Crippen LogP) is 2.90. The lowest BCUT2D eigenvalue weighted by Crippen LogP contribution is -2.60. The second kappa shape index (κ2) is 8.62. The van der Waals surface area contributed by atoms with E-state index in [1.165, 1.54) is 10.4 Å². The minimum absolute atomic E-state index is 0.334. The van der Waals surface area contributed by atoms with Crippen molar-refractivity contribution in [2.75, 3.05) is 13.7 Å². The fourth-order valence-corrected chi connectivity index (χ4v) is 6.51. The SMILES string of the molecule is C=C(C)C(=O)OCCC[Si](OC)(c1ccccc1)c1ccccc1. The van der Waals surface area contributed by atoms with Gasteiger partial charge in [0.15, 0.2) is 0 Å². The number of carbonyl (C=O) groups excluding carboxylic acids is 1. The summed E-state index contributed by atoms with van der Waals surface area (Å²) in [5.74, 6) is -0.334. The second-order valence-electron chi connectivity index (χ2n) is 5.78. The van der Waals surface area contributed by atoms with Crippen LogP contribution in [-0.2, 0) is 14.0 Å². The Morgan fingerprint density at radius 1 is 1.00 bits per heavy atom. The zero-order chi connectivity index (χ0) is 17.4. The van der Waals surface area contributed by atoms with Crippen molar-refractivity contribution in [1.29, 1.82) is 0 Å². The summed E-state index contributed by atoms with van der Waals surface area (Å²) in [6, 6.07) is 21.5. The fourth-order valence-electron chi connectivity index (χ4n) is 2.82. The Balaban J connectivity index is 2.21. The van der Waals surface area contributed by atoms with Crippen molar-refractivity contribution in [3.8, 4) is 0 Å². The number of benzene rings is 2. The Morgan fingerprint density at radius 3 is 1.92 bits per heavy atom. The molecule has 0 aliphatic heterocycles. The summed E-state index contributed by atoms with van der Waals surface area (Å²) >= 11 is 0. The van der Waals surface area contributed by atoms with Gasteiger partial charge in [0.05, 0.1) is 6.61 Å². The lowest BCUT2D eigenvalue weighted by atomic mass is 10.4. The highest BCUT2D eigenvalue weighted by Gasteiger charge is 2.37. The van der Waals surface area contributed by atoms with E-state index >= 15 is 0 Å². The van der Waals surface area contributed by atoms with E-state index in [1.807, 2.05) is 36.4 Å². The molecule has 0 heterocycles. The third kappa shape index (κ3) is 4.22. The van der Waals surface area contributed by atoms with E-state index < -0.39 is 8.32 Å². The van der Waals surface area contributed by atoms with Gasteiger partial charge in [0.25, 0.3) is 8.32 Å². The molecule has 0 bridgehead atoms. The van der Waals surface area contributed by atoms with Gasteiger partial charge in [-0.05, 0) is 29.8 Å². The zero-order valence-corrected chi connectivity index (χ0v) is 15.3. The van der Waals surface area contributed by atoms with Crippen LogP contribution in [0.2, 0.25) is 6.04 Å². The number of rotatable bonds is 8. The Kier molecular flexibility index (Phi) is 6.52. The molecule has 0 aliphatic carbocycles. The zero-order valence-electron chi connectivity index (χ0n) is 14.3. The average molecular weight is 340 g/mol. The van der Waals surface area contributed by atoms with Crippen molar-refractivity contribution in [3.05, 3.63) is 72.8 Å². The van der Waals surface area contributed by atoms with Crippen LogP contribution < -0.4 is 10.4 Å². The van der Waals surface area contributed by atoms with Gasteiger partial charge in [-0.2, -0.15) is 0 Å². The van der Waals surface area contributed by atoms with Crippen molar-refractivity contribution < 1.29 is 14.0 Å². The molecule has 2 rings (SSSR count). The molecule has 0 radical (unpaired) electrons. The Morgan fingerprint density at radius 2 is 1.50 bits per heavy atom.